The van der Waals surface area contributed by atoms with E-state index in [2.05, 4.69) is 36.4 Å². The highest BCUT2D eigenvalue weighted by molar-refractivity contribution is 6.27. The lowest BCUT2D eigenvalue weighted by atomic mass is 9.94. The molecular weight excluding hydrogens is 587 g/mol. The molecule has 3 heterocycles. The molecule has 0 saturated carbocycles. The lowest BCUT2D eigenvalue weighted by Crippen LogP contribution is -2.04. The molecule has 222 valence electrons. The molecule has 3 aromatic heterocycles. The minimum Gasteiger partial charge on any atom is -0.456 e. The predicted octanol–water partition coefficient (Wildman–Crippen LogP) is 11.8. The van der Waals surface area contributed by atoms with E-state index in [-0.39, 0.29) is 23.3 Å². The molecule has 4 nitrogen and oxygen atoms in total. The molecule has 0 amide bonds. The van der Waals surface area contributed by atoms with Gasteiger partial charge in [-0.2, -0.15) is 0 Å². The van der Waals surface area contributed by atoms with Crippen LogP contribution in [0.2, 0.25) is 0 Å². The number of benzene rings is 8. The van der Waals surface area contributed by atoms with Crippen LogP contribution in [0.3, 0.4) is 0 Å². The number of para-hydroxylation sites is 2. The molecular formula is C44H25N3O. The summed E-state index contributed by atoms with van der Waals surface area (Å²) in [6.07, 6.45) is 0. The highest BCUT2D eigenvalue weighted by atomic mass is 16.3. The van der Waals surface area contributed by atoms with E-state index in [1.54, 1.807) is 0 Å². The van der Waals surface area contributed by atoms with Crippen molar-refractivity contribution >= 4 is 87.0 Å². The van der Waals surface area contributed by atoms with Crippen LogP contribution in [0.15, 0.2) is 156 Å². The lowest BCUT2D eigenvalue weighted by molar-refractivity contribution is 0.669. The summed E-state index contributed by atoms with van der Waals surface area (Å²) in [5, 5.41) is 10.4. The lowest BCUT2D eigenvalue weighted by Gasteiger charge is -2.16. The molecule has 0 N–H and O–H groups in total. The molecule has 11 aromatic rings. The smallest absolute Gasteiger partial charge is 0.235 e. The van der Waals surface area contributed by atoms with Gasteiger partial charge in [-0.15, -0.1) is 0 Å². The van der Waals surface area contributed by atoms with Crippen molar-refractivity contribution < 1.29 is 11.3 Å². The van der Waals surface area contributed by atoms with Gasteiger partial charge in [0.05, 0.1) is 29.1 Å². The van der Waals surface area contributed by atoms with Crippen LogP contribution >= 0.6 is 0 Å². The topological polar surface area (TPSA) is 43.9 Å². The van der Waals surface area contributed by atoms with Crippen LogP contribution in [0.1, 0.15) is 6.85 Å². The SMILES string of the molecule is [2H]c1c([2H])c([2H])c(-c2nc(-n3c4ccccc4c4cc5ccc6oc7ccccc7c6c5cc43)nc3c4ccccc4c4ccccc4c23)c([2H])c1[2H]. The second-order valence-electron chi connectivity index (χ2n) is 12.2. The van der Waals surface area contributed by atoms with Crippen LogP contribution in [0.4, 0.5) is 0 Å². The van der Waals surface area contributed by atoms with Crippen molar-refractivity contribution in [1.29, 1.82) is 0 Å². The Morgan fingerprint density at radius 1 is 0.500 bits per heavy atom. The largest absolute Gasteiger partial charge is 0.456 e. The minimum absolute atomic E-state index is 0.0304. The molecule has 0 aliphatic carbocycles. The summed E-state index contributed by atoms with van der Waals surface area (Å²) in [4.78, 5) is 10.6. The van der Waals surface area contributed by atoms with Crippen molar-refractivity contribution in [1.82, 2.24) is 14.5 Å². The Balaban J connectivity index is 1.36. The maximum absolute atomic E-state index is 9.10. The van der Waals surface area contributed by atoms with E-state index >= 15 is 0 Å². The molecule has 0 atom stereocenters. The molecule has 4 heteroatoms. The van der Waals surface area contributed by atoms with Crippen LogP contribution in [0, 0.1) is 0 Å². The van der Waals surface area contributed by atoms with Gasteiger partial charge >= 0.3 is 0 Å². The zero-order chi connectivity index (χ0) is 35.7. The van der Waals surface area contributed by atoms with E-state index in [9.17, 15) is 0 Å². The van der Waals surface area contributed by atoms with Crippen LogP contribution < -0.4 is 0 Å². The minimum atomic E-state index is -0.454. The normalized spacial score (nSPS) is 13.6. The molecule has 0 bridgehead atoms. The first-order valence-electron chi connectivity index (χ1n) is 18.3. The van der Waals surface area contributed by atoms with Gasteiger partial charge in [0.1, 0.15) is 11.2 Å². The quantitative estimate of drug-likeness (QED) is 0.182. The molecule has 48 heavy (non-hydrogen) atoms. The fourth-order valence-corrected chi connectivity index (χ4v) is 7.64. The van der Waals surface area contributed by atoms with Crippen LogP contribution in [-0.2, 0) is 0 Å². The molecule has 11 rings (SSSR count). The Morgan fingerprint density at radius 3 is 2.02 bits per heavy atom. The summed E-state index contributed by atoms with van der Waals surface area (Å²) >= 11 is 0. The van der Waals surface area contributed by atoms with Gasteiger partial charge in [0.2, 0.25) is 5.95 Å². The van der Waals surface area contributed by atoms with E-state index in [1.807, 2.05) is 89.5 Å². The number of aromatic nitrogens is 3. The molecule has 0 saturated heterocycles. The first-order valence-corrected chi connectivity index (χ1v) is 15.8. The van der Waals surface area contributed by atoms with Gasteiger partial charge in [-0.1, -0.05) is 121 Å². The summed E-state index contributed by atoms with van der Waals surface area (Å²) < 4.78 is 52.1. The summed E-state index contributed by atoms with van der Waals surface area (Å²) in [6.45, 7) is 0. The monoisotopic (exact) mass is 616 g/mol. The first-order chi connectivity index (χ1) is 25.9. The number of furan rings is 1. The highest BCUT2D eigenvalue weighted by Crippen LogP contribution is 2.42. The fraction of sp³-hybridized carbons (Fsp3) is 0. The van der Waals surface area contributed by atoms with Crippen molar-refractivity contribution in [2.75, 3.05) is 0 Å². The van der Waals surface area contributed by atoms with Crippen molar-refractivity contribution in [3.8, 4) is 17.2 Å². The van der Waals surface area contributed by atoms with Crippen LogP contribution in [-0.4, -0.2) is 14.5 Å². The van der Waals surface area contributed by atoms with Crippen molar-refractivity contribution in [3.05, 3.63) is 152 Å². The van der Waals surface area contributed by atoms with Gasteiger partial charge in [-0.05, 0) is 57.3 Å². The number of rotatable bonds is 2. The van der Waals surface area contributed by atoms with E-state index in [4.69, 9.17) is 21.2 Å². The molecule has 0 radical (unpaired) electrons. The molecule has 0 unspecified atom stereocenters. The Kier molecular flexibility index (Phi) is 4.22. The maximum Gasteiger partial charge on any atom is 0.235 e. The van der Waals surface area contributed by atoms with Gasteiger partial charge in [0.25, 0.3) is 0 Å². The predicted molar refractivity (Wildman–Crippen MR) is 199 cm³/mol. The Morgan fingerprint density at radius 2 is 1.19 bits per heavy atom. The fourth-order valence-electron chi connectivity index (χ4n) is 7.64. The zero-order valence-electron chi connectivity index (χ0n) is 30.3. The standard InChI is InChI=1S/C44H25N3O/c1-2-12-26(13-3-1)42-41-31-17-6-4-14-28(31)29-15-5-7-18-32(29)43(41)46-44(45-42)47-36-20-10-8-16-30(36)35-24-27-22-23-39-40(34(27)25-37(35)47)33-19-9-11-21-38(33)48-39/h1-25H/i1D,2D,3D,12D,13D. The van der Waals surface area contributed by atoms with Gasteiger partial charge in [-0.25, -0.2) is 9.97 Å². The average molecular weight is 617 g/mol. The van der Waals surface area contributed by atoms with Crippen molar-refractivity contribution in [2.24, 2.45) is 0 Å². The number of fused-ring (bicyclic) bond motifs is 14. The average Bonchev–Trinajstić information content (AvgIpc) is 3.74. The van der Waals surface area contributed by atoms with Crippen molar-refractivity contribution in [3.63, 3.8) is 0 Å². The maximum atomic E-state index is 9.10. The molecule has 0 aliphatic rings. The van der Waals surface area contributed by atoms with E-state index in [1.165, 1.54) is 0 Å². The van der Waals surface area contributed by atoms with E-state index in [0.29, 0.717) is 16.9 Å². The van der Waals surface area contributed by atoms with E-state index in [0.717, 1.165) is 76.1 Å². The Hall–Kier alpha value is -6.52. The highest BCUT2D eigenvalue weighted by Gasteiger charge is 2.21. The van der Waals surface area contributed by atoms with Gasteiger partial charge in [-0.3, -0.25) is 4.57 Å². The summed E-state index contributed by atoms with van der Waals surface area (Å²) in [5.41, 5.74) is 4.29. The first kappa shape index (κ1) is 21.3. The molecule has 0 spiro atoms. The Labute approximate surface area is 281 Å². The molecule has 0 fully saturated rings. The van der Waals surface area contributed by atoms with Crippen LogP contribution in [0.25, 0.3) is 104 Å². The summed E-state index contributed by atoms with van der Waals surface area (Å²) in [6, 6.07) is 38.7. The second-order valence-corrected chi connectivity index (χ2v) is 12.2. The molecule has 0 aliphatic heterocycles. The Bertz CT molecular complexity index is 3390. The number of hydrogen-bond acceptors (Lipinski definition) is 3. The third-order valence-electron chi connectivity index (χ3n) is 9.65. The third-order valence-corrected chi connectivity index (χ3v) is 9.65. The number of nitrogens with zero attached hydrogens (tertiary/aromatic N) is 3. The van der Waals surface area contributed by atoms with E-state index < -0.39 is 18.1 Å². The van der Waals surface area contributed by atoms with Gasteiger partial charge in [0, 0.05) is 37.9 Å². The summed E-state index contributed by atoms with van der Waals surface area (Å²) in [5.74, 6) is 0.328. The number of hydrogen-bond donors (Lipinski definition) is 0. The summed E-state index contributed by atoms with van der Waals surface area (Å²) in [7, 11) is 0. The van der Waals surface area contributed by atoms with Crippen molar-refractivity contribution in [2.45, 2.75) is 0 Å². The van der Waals surface area contributed by atoms with Crippen LogP contribution in [0.5, 0.6) is 0 Å². The third kappa shape index (κ3) is 3.43. The van der Waals surface area contributed by atoms with Gasteiger partial charge in [0.15, 0.2) is 0 Å². The second kappa shape index (κ2) is 9.50. The molecule has 8 aromatic carbocycles. The van der Waals surface area contributed by atoms with Gasteiger partial charge < -0.3 is 4.42 Å². The zero-order valence-corrected chi connectivity index (χ0v) is 25.3.